The highest BCUT2D eigenvalue weighted by molar-refractivity contribution is 5.91. The number of benzene rings is 1. The van der Waals surface area contributed by atoms with Gasteiger partial charge in [0.15, 0.2) is 5.78 Å². The minimum atomic E-state index is -0.368. The lowest BCUT2D eigenvalue weighted by Crippen LogP contribution is -1.86. The van der Waals surface area contributed by atoms with Crippen LogP contribution in [0.25, 0.3) is 6.08 Å². The third kappa shape index (κ3) is 2.56. The number of rotatable bonds is 2. The van der Waals surface area contributed by atoms with Crippen molar-refractivity contribution in [3.8, 4) is 12.3 Å². The molecular formula is C12H9FO. The fraction of sp³-hybridized carbons (Fsp3) is 0.0833. The topological polar surface area (TPSA) is 17.1 Å². The maximum Gasteiger partial charge on any atom is 0.152 e. The molecule has 0 saturated carbocycles. The molecule has 0 unspecified atom stereocenters. The molecule has 1 aromatic carbocycles. The van der Waals surface area contributed by atoms with Crippen molar-refractivity contribution in [1.29, 1.82) is 0 Å². The fourth-order valence-electron chi connectivity index (χ4n) is 1.01. The molecule has 70 valence electrons. The van der Waals surface area contributed by atoms with E-state index < -0.39 is 0 Å². The van der Waals surface area contributed by atoms with Gasteiger partial charge in [-0.15, -0.1) is 6.42 Å². The molecule has 1 rings (SSSR count). The molecule has 1 nitrogen and oxygen atoms in total. The van der Waals surface area contributed by atoms with Crippen LogP contribution in [-0.2, 0) is 4.79 Å². The van der Waals surface area contributed by atoms with Crippen molar-refractivity contribution < 1.29 is 9.18 Å². The lowest BCUT2D eigenvalue weighted by Gasteiger charge is -1.98. The molecule has 0 aliphatic carbocycles. The van der Waals surface area contributed by atoms with Crippen molar-refractivity contribution in [2.75, 3.05) is 0 Å². The van der Waals surface area contributed by atoms with Gasteiger partial charge >= 0.3 is 0 Å². The maximum atomic E-state index is 12.8. The maximum absolute atomic E-state index is 12.8. The van der Waals surface area contributed by atoms with Gasteiger partial charge in [0.2, 0.25) is 0 Å². The van der Waals surface area contributed by atoms with E-state index in [0.717, 1.165) is 0 Å². The van der Waals surface area contributed by atoms with Crippen LogP contribution in [0.2, 0.25) is 0 Å². The zero-order chi connectivity index (χ0) is 10.6. The van der Waals surface area contributed by atoms with Crippen LogP contribution < -0.4 is 0 Å². The molecule has 1 aromatic rings. The molecule has 0 saturated heterocycles. The smallest absolute Gasteiger partial charge is 0.152 e. The van der Waals surface area contributed by atoms with Gasteiger partial charge < -0.3 is 0 Å². The van der Waals surface area contributed by atoms with Gasteiger partial charge in [-0.05, 0) is 36.8 Å². The second kappa shape index (κ2) is 4.38. The number of ketones is 1. The summed E-state index contributed by atoms with van der Waals surface area (Å²) in [4.78, 5) is 10.7. The van der Waals surface area contributed by atoms with Gasteiger partial charge in [-0.25, -0.2) is 4.39 Å². The lowest BCUT2D eigenvalue weighted by atomic mass is 10.1. The second-order valence-electron chi connectivity index (χ2n) is 2.82. The van der Waals surface area contributed by atoms with Gasteiger partial charge in [-0.1, -0.05) is 12.0 Å². The molecule has 0 radical (unpaired) electrons. The van der Waals surface area contributed by atoms with Crippen LogP contribution in [0.15, 0.2) is 24.3 Å². The van der Waals surface area contributed by atoms with E-state index in [1.54, 1.807) is 0 Å². The van der Waals surface area contributed by atoms with E-state index in [1.165, 1.54) is 37.3 Å². The predicted octanol–water partition coefficient (Wildman–Crippen LogP) is 2.41. The van der Waals surface area contributed by atoms with Crippen LogP contribution in [0, 0.1) is 18.2 Å². The van der Waals surface area contributed by atoms with Crippen LogP contribution >= 0.6 is 0 Å². The molecule has 0 spiro atoms. The van der Waals surface area contributed by atoms with Crippen LogP contribution in [0.4, 0.5) is 4.39 Å². The van der Waals surface area contributed by atoms with Gasteiger partial charge in [0.05, 0.1) is 0 Å². The summed E-state index contributed by atoms with van der Waals surface area (Å²) in [5.41, 5.74) is 1.12. The molecular weight excluding hydrogens is 179 g/mol. The minimum absolute atomic E-state index is 0.0998. The Kier molecular flexibility index (Phi) is 3.19. The lowest BCUT2D eigenvalue weighted by molar-refractivity contribution is -0.112. The summed E-state index contributed by atoms with van der Waals surface area (Å²) in [7, 11) is 0. The third-order valence-electron chi connectivity index (χ3n) is 1.67. The van der Waals surface area contributed by atoms with Gasteiger partial charge in [0.25, 0.3) is 0 Å². The number of carbonyl (C=O) groups is 1. The quantitative estimate of drug-likeness (QED) is 0.514. The highest BCUT2D eigenvalue weighted by Gasteiger charge is 1.98. The number of terminal acetylenes is 1. The second-order valence-corrected chi connectivity index (χ2v) is 2.82. The molecule has 0 bridgehead atoms. The van der Waals surface area contributed by atoms with Gasteiger partial charge in [0.1, 0.15) is 5.82 Å². The van der Waals surface area contributed by atoms with E-state index in [2.05, 4.69) is 5.92 Å². The average molecular weight is 188 g/mol. The van der Waals surface area contributed by atoms with Crippen LogP contribution in [0.3, 0.4) is 0 Å². The summed E-state index contributed by atoms with van der Waals surface area (Å²) in [6.07, 6.45) is 8.09. The standard InChI is InChI=1S/C12H9FO/c1-3-10-6-7-12(13)8-11(10)5-4-9(2)14/h1,4-8H,2H3/b5-4+. The summed E-state index contributed by atoms with van der Waals surface area (Å²) >= 11 is 0. The molecule has 0 aliphatic heterocycles. The normalized spacial score (nSPS) is 10.1. The molecule has 0 aliphatic rings. The molecule has 0 atom stereocenters. The first kappa shape index (κ1) is 10.2. The number of carbonyl (C=O) groups excluding carboxylic acids is 1. The van der Waals surface area contributed by atoms with Crippen molar-refractivity contribution in [3.05, 3.63) is 41.2 Å². The Bertz CT molecular complexity index is 424. The van der Waals surface area contributed by atoms with Gasteiger partial charge in [0, 0.05) is 5.56 Å². The Hall–Kier alpha value is -1.88. The van der Waals surface area contributed by atoms with Crippen molar-refractivity contribution in [3.63, 3.8) is 0 Å². The number of hydrogen-bond acceptors (Lipinski definition) is 1. The molecule has 2 heteroatoms. The summed E-state index contributed by atoms with van der Waals surface area (Å²) in [6, 6.07) is 4.10. The number of hydrogen-bond donors (Lipinski definition) is 0. The monoisotopic (exact) mass is 188 g/mol. The summed E-state index contributed by atoms with van der Waals surface area (Å²) < 4.78 is 12.8. The summed E-state index contributed by atoms with van der Waals surface area (Å²) in [6.45, 7) is 1.42. The Morgan fingerprint density at radius 1 is 1.57 bits per heavy atom. The molecule has 0 fully saturated rings. The Labute approximate surface area is 82.3 Å². The van der Waals surface area contributed by atoms with Crippen molar-refractivity contribution >= 4 is 11.9 Å². The van der Waals surface area contributed by atoms with E-state index in [1.807, 2.05) is 0 Å². The molecule has 0 aromatic heterocycles. The van der Waals surface area contributed by atoms with Crippen molar-refractivity contribution in [2.45, 2.75) is 6.92 Å². The highest BCUT2D eigenvalue weighted by atomic mass is 19.1. The van der Waals surface area contributed by atoms with E-state index >= 15 is 0 Å². The molecule has 0 heterocycles. The zero-order valence-electron chi connectivity index (χ0n) is 7.75. The number of halogens is 1. The summed E-state index contributed by atoms with van der Waals surface area (Å²) in [5.74, 6) is 1.95. The Morgan fingerprint density at radius 2 is 2.29 bits per heavy atom. The van der Waals surface area contributed by atoms with E-state index in [9.17, 15) is 9.18 Å². The minimum Gasteiger partial charge on any atom is -0.295 e. The van der Waals surface area contributed by atoms with Crippen LogP contribution in [0.5, 0.6) is 0 Å². The highest BCUT2D eigenvalue weighted by Crippen LogP contribution is 2.12. The van der Waals surface area contributed by atoms with E-state index in [4.69, 9.17) is 6.42 Å². The van der Waals surface area contributed by atoms with E-state index in [-0.39, 0.29) is 11.6 Å². The fourth-order valence-corrected chi connectivity index (χ4v) is 1.01. The molecule has 14 heavy (non-hydrogen) atoms. The first-order valence-corrected chi connectivity index (χ1v) is 4.08. The van der Waals surface area contributed by atoms with Crippen molar-refractivity contribution in [2.24, 2.45) is 0 Å². The Balaban J connectivity index is 3.13. The zero-order valence-corrected chi connectivity index (χ0v) is 7.75. The van der Waals surface area contributed by atoms with E-state index in [0.29, 0.717) is 11.1 Å². The first-order valence-electron chi connectivity index (χ1n) is 4.08. The largest absolute Gasteiger partial charge is 0.295 e. The SMILES string of the molecule is C#Cc1ccc(F)cc1/C=C/C(C)=O. The molecule has 0 amide bonds. The average Bonchev–Trinajstić information content (AvgIpc) is 2.15. The number of allylic oxidation sites excluding steroid dienone is 1. The molecule has 0 N–H and O–H groups in total. The van der Waals surface area contributed by atoms with Gasteiger partial charge in [-0.2, -0.15) is 0 Å². The predicted molar refractivity (Wildman–Crippen MR) is 54.1 cm³/mol. The van der Waals surface area contributed by atoms with Crippen molar-refractivity contribution in [1.82, 2.24) is 0 Å². The Morgan fingerprint density at radius 3 is 2.86 bits per heavy atom. The van der Waals surface area contributed by atoms with Gasteiger partial charge in [-0.3, -0.25) is 4.79 Å². The van der Waals surface area contributed by atoms with Crippen LogP contribution in [-0.4, -0.2) is 5.78 Å². The third-order valence-corrected chi connectivity index (χ3v) is 1.67. The summed E-state index contributed by atoms with van der Waals surface area (Å²) in [5, 5.41) is 0. The first-order chi connectivity index (χ1) is 6.63. The van der Waals surface area contributed by atoms with Crippen LogP contribution in [0.1, 0.15) is 18.1 Å².